The quantitative estimate of drug-likeness (QED) is 0.689. The average molecular weight is 406 g/mol. The van der Waals surface area contributed by atoms with Crippen LogP contribution in [0.5, 0.6) is 5.75 Å². The second-order valence-electron chi connectivity index (χ2n) is 6.55. The minimum absolute atomic E-state index is 0.181. The van der Waals surface area contributed by atoms with E-state index in [0.717, 1.165) is 21.0 Å². The number of aromatic amines is 1. The van der Waals surface area contributed by atoms with Crippen LogP contribution >= 0.6 is 11.6 Å². The third-order valence-electron chi connectivity index (χ3n) is 4.26. The molecule has 0 fully saturated rings. The Morgan fingerprint density at radius 3 is 2.41 bits per heavy atom. The number of nitrogens with zero attached hydrogens (tertiary/aromatic N) is 2. The Hall–Kier alpha value is -2.35. The Morgan fingerprint density at radius 1 is 1.19 bits per heavy atom. The number of sulfonamides is 1. The number of benzene rings is 2. The van der Waals surface area contributed by atoms with E-state index < -0.39 is 10.0 Å². The normalized spacial score (nSPS) is 12.9. The zero-order valence-corrected chi connectivity index (χ0v) is 17.0. The molecule has 2 N–H and O–H groups in total. The van der Waals surface area contributed by atoms with Gasteiger partial charge in [0, 0.05) is 14.1 Å². The lowest BCUT2D eigenvalue weighted by Gasteiger charge is -2.10. The molecule has 6 nitrogen and oxygen atoms in total. The van der Waals surface area contributed by atoms with Crippen LogP contribution in [0.25, 0.3) is 22.1 Å². The van der Waals surface area contributed by atoms with Crippen molar-refractivity contribution in [2.75, 3.05) is 14.1 Å². The molecule has 0 aliphatic carbocycles. The van der Waals surface area contributed by atoms with Gasteiger partial charge in [0.05, 0.1) is 21.0 Å². The summed E-state index contributed by atoms with van der Waals surface area (Å²) in [5.74, 6) is 0.705. The third-order valence-corrected chi connectivity index (χ3v) is 6.36. The molecule has 0 spiro atoms. The van der Waals surface area contributed by atoms with Crippen molar-refractivity contribution < 1.29 is 13.5 Å². The van der Waals surface area contributed by atoms with Crippen LogP contribution in [0, 0.1) is 13.8 Å². The Labute approximate surface area is 163 Å². The molecule has 0 saturated carbocycles. The molecule has 27 heavy (non-hydrogen) atoms. The second-order valence-corrected chi connectivity index (χ2v) is 9.11. The largest absolute Gasteiger partial charge is 0.507 e. The topological polar surface area (TPSA) is 86.3 Å². The zero-order chi connectivity index (χ0) is 19.9. The Kier molecular flexibility index (Phi) is 5.03. The van der Waals surface area contributed by atoms with Gasteiger partial charge in [0.2, 0.25) is 10.0 Å². The number of fused-ring (bicyclic) bond motifs is 1. The number of hydrogen-bond acceptors (Lipinski definition) is 4. The van der Waals surface area contributed by atoms with Gasteiger partial charge in [-0.05, 0) is 66.9 Å². The van der Waals surface area contributed by atoms with Gasteiger partial charge in [-0.25, -0.2) is 17.7 Å². The molecule has 1 aromatic heterocycles. The summed E-state index contributed by atoms with van der Waals surface area (Å²) in [5, 5.41) is 10.3. The molecule has 0 unspecified atom stereocenters. The van der Waals surface area contributed by atoms with Gasteiger partial charge in [-0.1, -0.05) is 11.6 Å². The summed E-state index contributed by atoms with van der Waals surface area (Å²) in [6.07, 6.45) is 1.75. The molecular weight excluding hydrogens is 386 g/mol. The first-order chi connectivity index (χ1) is 12.6. The van der Waals surface area contributed by atoms with Crippen LogP contribution in [0.4, 0.5) is 0 Å². The van der Waals surface area contributed by atoms with Crippen LogP contribution in [0.15, 0.2) is 35.2 Å². The van der Waals surface area contributed by atoms with Crippen molar-refractivity contribution in [3.8, 4) is 5.75 Å². The first kappa shape index (κ1) is 19.4. The summed E-state index contributed by atoms with van der Waals surface area (Å²) in [5.41, 5.74) is 3.55. The number of hydrogen-bond donors (Lipinski definition) is 2. The van der Waals surface area contributed by atoms with Crippen LogP contribution < -0.4 is 0 Å². The van der Waals surface area contributed by atoms with Crippen LogP contribution in [0.2, 0.25) is 0 Å². The van der Waals surface area contributed by atoms with E-state index in [1.165, 1.54) is 20.2 Å². The standard InChI is InChI=1S/C19H20ClN3O3S/c1-11-7-13(8-12(2)18(11)24)9-15(20)19-21-16-6-5-14(10-17(16)22-19)27(25,26)23(3)4/h5-10,24H,1-4H3,(H,21,22)/b15-9-. The Balaban J connectivity index is 2.02. The van der Waals surface area contributed by atoms with Gasteiger partial charge in [0.25, 0.3) is 0 Å². The fourth-order valence-electron chi connectivity index (χ4n) is 2.76. The minimum Gasteiger partial charge on any atom is -0.507 e. The monoisotopic (exact) mass is 405 g/mol. The van der Waals surface area contributed by atoms with Gasteiger partial charge in [-0.3, -0.25) is 0 Å². The number of aryl methyl sites for hydroxylation is 2. The molecule has 3 rings (SSSR count). The predicted octanol–water partition coefficient (Wildman–Crippen LogP) is 3.87. The third kappa shape index (κ3) is 3.71. The molecule has 0 saturated heterocycles. The first-order valence-corrected chi connectivity index (χ1v) is 10.0. The number of phenols is 1. The lowest BCUT2D eigenvalue weighted by Crippen LogP contribution is -2.22. The van der Waals surface area contributed by atoms with Crippen LogP contribution in [0.1, 0.15) is 22.5 Å². The van der Waals surface area contributed by atoms with Crippen molar-refractivity contribution in [2.24, 2.45) is 0 Å². The molecule has 0 atom stereocenters. The fraction of sp³-hybridized carbons (Fsp3) is 0.211. The smallest absolute Gasteiger partial charge is 0.242 e. The van der Waals surface area contributed by atoms with Crippen molar-refractivity contribution in [3.63, 3.8) is 0 Å². The van der Waals surface area contributed by atoms with Gasteiger partial charge in [0.1, 0.15) is 11.6 Å². The number of phenolic OH excluding ortho intramolecular Hbond substituents is 1. The lowest BCUT2D eigenvalue weighted by atomic mass is 10.1. The van der Waals surface area contributed by atoms with Crippen molar-refractivity contribution in [1.29, 1.82) is 0 Å². The van der Waals surface area contributed by atoms with Gasteiger partial charge in [0.15, 0.2) is 0 Å². The molecule has 1 heterocycles. The van der Waals surface area contributed by atoms with E-state index >= 15 is 0 Å². The van der Waals surface area contributed by atoms with Gasteiger partial charge >= 0.3 is 0 Å². The maximum atomic E-state index is 12.3. The molecule has 8 heteroatoms. The van der Waals surface area contributed by atoms with Gasteiger partial charge < -0.3 is 10.1 Å². The highest BCUT2D eigenvalue weighted by molar-refractivity contribution is 7.89. The number of nitrogens with one attached hydrogen (secondary N) is 1. The maximum Gasteiger partial charge on any atom is 0.242 e. The summed E-state index contributed by atoms with van der Waals surface area (Å²) in [4.78, 5) is 7.67. The molecule has 2 aromatic carbocycles. The van der Waals surface area contributed by atoms with E-state index in [9.17, 15) is 13.5 Å². The number of rotatable bonds is 4. The highest BCUT2D eigenvalue weighted by atomic mass is 35.5. The van der Waals surface area contributed by atoms with Crippen LogP contribution in [0.3, 0.4) is 0 Å². The number of aromatic hydroxyl groups is 1. The number of aromatic nitrogens is 2. The highest BCUT2D eigenvalue weighted by Gasteiger charge is 2.18. The summed E-state index contributed by atoms with van der Waals surface area (Å²) in [6, 6.07) is 8.36. The van der Waals surface area contributed by atoms with Crippen molar-refractivity contribution in [3.05, 3.63) is 52.8 Å². The average Bonchev–Trinajstić information content (AvgIpc) is 3.02. The molecule has 0 aliphatic heterocycles. The van der Waals surface area contributed by atoms with Gasteiger partial charge in [-0.15, -0.1) is 0 Å². The Morgan fingerprint density at radius 2 is 1.81 bits per heavy atom. The SMILES string of the molecule is Cc1cc(/C=C(\Cl)c2nc3ccc(S(=O)(=O)N(C)C)cc3[nH]2)cc(C)c1O. The molecule has 0 aliphatic rings. The molecule has 0 amide bonds. The summed E-state index contributed by atoms with van der Waals surface area (Å²) in [7, 11) is -0.557. The molecule has 142 valence electrons. The maximum absolute atomic E-state index is 12.3. The van der Waals surface area contributed by atoms with Gasteiger partial charge in [-0.2, -0.15) is 0 Å². The van der Waals surface area contributed by atoms with E-state index in [4.69, 9.17) is 11.6 Å². The zero-order valence-electron chi connectivity index (χ0n) is 15.4. The lowest BCUT2D eigenvalue weighted by molar-refractivity contribution is 0.467. The van der Waals surface area contributed by atoms with Crippen LogP contribution in [-0.4, -0.2) is 41.9 Å². The number of halogens is 1. The molecule has 0 bridgehead atoms. The first-order valence-electron chi connectivity index (χ1n) is 8.19. The van der Waals surface area contributed by atoms with E-state index in [-0.39, 0.29) is 10.6 Å². The van der Waals surface area contributed by atoms with Crippen LogP contribution in [-0.2, 0) is 10.0 Å². The predicted molar refractivity (Wildman–Crippen MR) is 108 cm³/mol. The summed E-state index contributed by atoms with van der Waals surface area (Å²) < 4.78 is 25.7. The number of imidazole rings is 1. The number of H-pyrrole nitrogens is 1. The highest BCUT2D eigenvalue weighted by Crippen LogP contribution is 2.28. The molecule has 3 aromatic rings. The fourth-order valence-corrected chi connectivity index (χ4v) is 3.90. The summed E-state index contributed by atoms with van der Waals surface area (Å²) >= 11 is 6.42. The summed E-state index contributed by atoms with van der Waals surface area (Å²) in [6.45, 7) is 3.64. The van der Waals surface area contributed by atoms with E-state index in [1.807, 2.05) is 26.0 Å². The van der Waals surface area contributed by atoms with E-state index in [2.05, 4.69) is 9.97 Å². The van der Waals surface area contributed by atoms with Crippen molar-refractivity contribution in [2.45, 2.75) is 18.7 Å². The minimum atomic E-state index is -3.53. The van der Waals surface area contributed by atoms with Crippen molar-refractivity contribution >= 4 is 43.8 Å². The molecular formula is C19H20ClN3O3S. The second kappa shape index (κ2) is 6.99. The van der Waals surface area contributed by atoms with E-state index in [1.54, 1.807) is 18.2 Å². The molecule has 0 radical (unpaired) electrons. The Bertz CT molecular complexity index is 1140. The van der Waals surface area contributed by atoms with Crippen molar-refractivity contribution in [1.82, 2.24) is 14.3 Å². The van der Waals surface area contributed by atoms with E-state index in [0.29, 0.717) is 21.9 Å².